The standard InChI is InChI=1S/C44H25N3O2/c1-4-14-34-32(12-1)42-33-13-9-17-37(43(33)47-36-16-6-5-15-35(36)46(34)44(42)47)45(26-20-22-30-28-10-2-7-18-38(28)48-40(30)24-26)27-21-23-31-29-11-3-8-19-39(29)49-41(31)25-27/h1-25H. The summed E-state index contributed by atoms with van der Waals surface area (Å²) in [5, 5.41) is 8.19. The van der Waals surface area contributed by atoms with Gasteiger partial charge in [0.1, 0.15) is 28.0 Å². The first-order valence-electron chi connectivity index (χ1n) is 16.6. The van der Waals surface area contributed by atoms with E-state index in [0.717, 1.165) is 66.5 Å². The first kappa shape index (κ1) is 25.4. The molecule has 0 spiro atoms. The number of aromatic nitrogens is 2. The van der Waals surface area contributed by atoms with E-state index in [1.54, 1.807) is 0 Å². The molecule has 0 unspecified atom stereocenters. The number of hydrogen-bond donors (Lipinski definition) is 0. The second-order valence-electron chi connectivity index (χ2n) is 12.9. The number of benzene rings is 7. The zero-order valence-electron chi connectivity index (χ0n) is 26.1. The third kappa shape index (κ3) is 3.19. The average Bonchev–Trinajstić information content (AvgIpc) is 3.94. The van der Waals surface area contributed by atoms with Crippen LogP contribution >= 0.6 is 0 Å². The Balaban J connectivity index is 1.22. The zero-order valence-corrected chi connectivity index (χ0v) is 26.1. The summed E-state index contributed by atoms with van der Waals surface area (Å²) in [6.07, 6.45) is 0. The quantitative estimate of drug-likeness (QED) is 0.196. The summed E-state index contributed by atoms with van der Waals surface area (Å²) in [6, 6.07) is 53.8. The van der Waals surface area contributed by atoms with Crippen LogP contribution in [-0.4, -0.2) is 8.80 Å². The van der Waals surface area contributed by atoms with Gasteiger partial charge < -0.3 is 13.7 Å². The maximum absolute atomic E-state index is 6.44. The Kier molecular flexibility index (Phi) is 4.66. The van der Waals surface area contributed by atoms with Gasteiger partial charge in [0, 0.05) is 61.2 Å². The molecule has 12 rings (SSSR count). The predicted molar refractivity (Wildman–Crippen MR) is 201 cm³/mol. The number of nitrogens with zero attached hydrogens (tertiary/aromatic N) is 3. The van der Waals surface area contributed by atoms with E-state index in [2.05, 4.69) is 141 Å². The van der Waals surface area contributed by atoms with Gasteiger partial charge >= 0.3 is 0 Å². The van der Waals surface area contributed by atoms with E-state index < -0.39 is 0 Å². The summed E-state index contributed by atoms with van der Waals surface area (Å²) in [5.74, 6) is 0. The molecule has 0 atom stereocenters. The molecule has 7 aromatic carbocycles. The van der Waals surface area contributed by atoms with Crippen molar-refractivity contribution < 1.29 is 8.83 Å². The molecule has 5 heteroatoms. The van der Waals surface area contributed by atoms with Gasteiger partial charge in [0.05, 0.1) is 27.8 Å². The lowest BCUT2D eigenvalue weighted by molar-refractivity contribution is 0.669. The van der Waals surface area contributed by atoms with Crippen molar-refractivity contribution in [1.82, 2.24) is 8.80 Å². The van der Waals surface area contributed by atoms with Crippen LogP contribution in [0.1, 0.15) is 0 Å². The van der Waals surface area contributed by atoms with E-state index in [1.807, 2.05) is 24.3 Å². The Morgan fingerprint density at radius 1 is 0.388 bits per heavy atom. The normalized spacial score (nSPS) is 12.5. The summed E-state index contributed by atoms with van der Waals surface area (Å²) in [6.45, 7) is 0. The van der Waals surface area contributed by atoms with Gasteiger partial charge in [0.15, 0.2) is 0 Å². The predicted octanol–water partition coefficient (Wildman–Crippen LogP) is 12.4. The Morgan fingerprint density at radius 2 is 0.898 bits per heavy atom. The highest BCUT2D eigenvalue weighted by Gasteiger charge is 2.27. The molecule has 0 aliphatic carbocycles. The number of hydrogen-bond acceptors (Lipinski definition) is 3. The maximum Gasteiger partial charge on any atom is 0.137 e. The van der Waals surface area contributed by atoms with E-state index in [1.165, 1.54) is 38.4 Å². The highest BCUT2D eigenvalue weighted by molar-refractivity contribution is 6.26. The summed E-state index contributed by atoms with van der Waals surface area (Å²) in [5.41, 5.74) is 12.5. The molecule has 0 N–H and O–H groups in total. The second kappa shape index (κ2) is 9.00. The minimum absolute atomic E-state index is 0.855. The largest absolute Gasteiger partial charge is 0.456 e. The van der Waals surface area contributed by atoms with Gasteiger partial charge in [-0.15, -0.1) is 0 Å². The van der Waals surface area contributed by atoms with Crippen molar-refractivity contribution in [2.75, 3.05) is 4.90 Å². The Bertz CT molecular complexity index is 3180. The number of imidazole rings is 1. The van der Waals surface area contributed by atoms with E-state index in [4.69, 9.17) is 8.83 Å². The van der Waals surface area contributed by atoms with Gasteiger partial charge in [-0.3, -0.25) is 8.80 Å². The van der Waals surface area contributed by atoms with Crippen LogP contribution in [0.25, 0.3) is 87.7 Å². The number of fused-ring (bicyclic) bond motifs is 15. The van der Waals surface area contributed by atoms with Crippen molar-refractivity contribution >= 4 is 105 Å². The van der Waals surface area contributed by atoms with E-state index >= 15 is 0 Å². The molecule has 0 amide bonds. The molecule has 5 heterocycles. The molecule has 0 fully saturated rings. The molecule has 0 bridgehead atoms. The lowest BCUT2D eigenvalue weighted by atomic mass is 10.1. The fourth-order valence-corrected chi connectivity index (χ4v) is 8.41. The molecule has 228 valence electrons. The minimum atomic E-state index is 0.855. The SMILES string of the molecule is c1ccc2c(c1)oc1cc(N(c3ccc4c(c3)oc3ccccc34)c3cccc4c5c6ccccc6n6c7ccccc7n(c34)c56)ccc12. The van der Waals surface area contributed by atoms with Crippen molar-refractivity contribution in [3.8, 4) is 0 Å². The van der Waals surface area contributed by atoms with Crippen molar-refractivity contribution in [2.45, 2.75) is 0 Å². The van der Waals surface area contributed by atoms with Crippen LogP contribution in [0.15, 0.2) is 160 Å². The zero-order chi connectivity index (χ0) is 31.8. The van der Waals surface area contributed by atoms with Gasteiger partial charge in [-0.05, 0) is 60.7 Å². The van der Waals surface area contributed by atoms with Crippen molar-refractivity contribution in [2.24, 2.45) is 0 Å². The molecule has 0 saturated heterocycles. The van der Waals surface area contributed by atoms with Crippen LogP contribution in [0.3, 0.4) is 0 Å². The van der Waals surface area contributed by atoms with E-state index in [-0.39, 0.29) is 0 Å². The Labute approximate surface area is 278 Å². The van der Waals surface area contributed by atoms with Crippen LogP contribution in [-0.2, 0) is 0 Å². The van der Waals surface area contributed by atoms with Crippen LogP contribution in [0, 0.1) is 0 Å². The minimum Gasteiger partial charge on any atom is -0.456 e. The molecule has 0 saturated carbocycles. The monoisotopic (exact) mass is 627 g/mol. The number of furan rings is 2. The highest BCUT2D eigenvalue weighted by atomic mass is 16.3. The Hall–Kier alpha value is -6.72. The van der Waals surface area contributed by atoms with Gasteiger partial charge in [-0.2, -0.15) is 0 Å². The summed E-state index contributed by atoms with van der Waals surface area (Å²) in [4.78, 5) is 2.36. The third-order valence-corrected chi connectivity index (χ3v) is 10.4. The Morgan fingerprint density at radius 3 is 1.55 bits per heavy atom. The van der Waals surface area contributed by atoms with Crippen molar-refractivity contribution in [3.05, 3.63) is 152 Å². The smallest absolute Gasteiger partial charge is 0.137 e. The lowest BCUT2D eigenvalue weighted by Crippen LogP contribution is -2.11. The third-order valence-electron chi connectivity index (χ3n) is 10.4. The molecule has 12 aromatic rings. The van der Waals surface area contributed by atoms with Gasteiger partial charge in [-0.1, -0.05) is 78.9 Å². The number of rotatable bonds is 3. The van der Waals surface area contributed by atoms with Gasteiger partial charge in [-0.25, -0.2) is 0 Å². The fraction of sp³-hybridized carbons (Fsp3) is 0. The van der Waals surface area contributed by atoms with Crippen molar-refractivity contribution in [3.63, 3.8) is 0 Å². The molecule has 0 radical (unpaired) electrons. The molecule has 0 aliphatic heterocycles. The fourth-order valence-electron chi connectivity index (χ4n) is 8.41. The van der Waals surface area contributed by atoms with Crippen LogP contribution in [0.5, 0.6) is 0 Å². The summed E-state index contributed by atoms with van der Waals surface area (Å²) < 4.78 is 17.8. The van der Waals surface area contributed by atoms with Crippen LogP contribution in [0.2, 0.25) is 0 Å². The van der Waals surface area contributed by atoms with Crippen LogP contribution < -0.4 is 4.90 Å². The number of anilines is 3. The first-order valence-corrected chi connectivity index (χ1v) is 16.6. The molecular formula is C44H25N3O2. The summed E-state index contributed by atoms with van der Waals surface area (Å²) in [7, 11) is 0. The van der Waals surface area contributed by atoms with Crippen molar-refractivity contribution in [1.29, 1.82) is 0 Å². The van der Waals surface area contributed by atoms with Crippen LogP contribution in [0.4, 0.5) is 17.1 Å². The van der Waals surface area contributed by atoms with Gasteiger partial charge in [0.2, 0.25) is 0 Å². The van der Waals surface area contributed by atoms with E-state index in [9.17, 15) is 0 Å². The lowest BCUT2D eigenvalue weighted by Gasteiger charge is -2.26. The average molecular weight is 628 g/mol. The summed E-state index contributed by atoms with van der Waals surface area (Å²) >= 11 is 0. The molecular weight excluding hydrogens is 603 g/mol. The molecule has 5 nitrogen and oxygen atoms in total. The van der Waals surface area contributed by atoms with E-state index in [0.29, 0.717) is 0 Å². The highest BCUT2D eigenvalue weighted by Crippen LogP contribution is 2.48. The molecule has 49 heavy (non-hydrogen) atoms. The maximum atomic E-state index is 6.44. The first-order chi connectivity index (χ1) is 24.3. The topological polar surface area (TPSA) is 38.3 Å². The molecule has 0 aliphatic rings. The molecule has 5 aromatic heterocycles. The van der Waals surface area contributed by atoms with Gasteiger partial charge in [0.25, 0.3) is 0 Å². The number of para-hydroxylation sites is 6. The second-order valence-corrected chi connectivity index (χ2v) is 12.9.